The molecule has 6 nitrogen and oxygen atoms in total. The minimum absolute atomic E-state index is 0.0454. The average Bonchev–Trinajstić information content (AvgIpc) is 3.17. The van der Waals surface area contributed by atoms with E-state index in [-0.39, 0.29) is 6.03 Å². The molecule has 1 saturated heterocycles. The fourth-order valence-electron chi connectivity index (χ4n) is 2.95. The quantitative estimate of drug-likeness (QED) is 0.758. The molecule has 0 atom stereocenters. The van der Waals surface area contributed by atoms with E-state index in [0.29, 0.717) is 0 Å². The highest BCUT2D eigenvalue weighted by molar-refractivity contribution is 5.75. The first-order valence-corrected chi connectivity index (χ1v) is 8.99. The maximum absolute atomic E-state index is 12.3. The van der Waals surface area contributed by atoms with Gasteiger partial charge in [-0.25, -0.2) is 4.79 Å². The van der Waals surface area contributed by atoms with E-state index in [9.17, 15) is 4.79 Å². The zero-order valence-electron chi connectivity index (χ0n) is 14.8. The Hall–Kier alpha value is -2.34. The molecule has 0 saturated carbocycles. The van der Waals surface area contributed by atoms with Gasteiger partial charge in [0.05, 0.1) is 6.61 Å². The van der Waals surface area contributed by atoms with Crippen LogP contribution >= 0.6 is 0 Å². The molecule has 2 aromatic rings. The molecule has 1 aromatic heterocycles. The molecule has 6 heteroatoms. The zero-order chi connectivity index (χ0) is 17.5. The predicted octanol–water partition coefficient (Wildman–Crippen LogP) is 2.85. The van der Waals surface area contributed by atoms with Gasteiger partial charge in [-0.15, -0.1) is 0 Å². The Balaban J connectivity index is 1.49. The van der Waals surface area contributed by atoms with Crippen LogP contribution in [0.4, 0.5) is 4.79 Å². The number of aromatic nitrogens is 2. The topological polar surface area (TPSA) is 50.6 Å². The Bertz CT molecular complexity index is 664. The van der Waals surface area contributed by atoms with Crippen molar-refractivity contribution < 1.29 is 9.53 Å². The molecule has 1 aromatic carbocycles. The van der Waals surface area contributed by atoms with Crippen LogP contribution in [0.2, 0.25) is 0 Å². The molecule has 1 aliphatic rings. The van der Waals surface area contributed by atoms with Crippen LogP contribution in [0.3, 0.4) is 0 Å². The van der Waals surface area contributed by atoms with Crippen LogP contribution in [0.15, 0.2) is 42.7 Å². The highest BCUT2D eigenvalue weighted by atomic mass is 16.5. The SMILES string of the molecule is CCCCOc1cccc(CN2CCN(C(=O)n3cccn3)CC2)c1. The summed E-state index contributed by atoms with van der Waals surface area (Å²) < 4.78 is 7.18. The second-order valence-corrected chi connectivity index (χ2v) is 6.35. The Morgan fingerprint density at radius 2 is 2.04 bits per heavy atom. The van der Waals surface area contributed by atoms with E-state index in [0.717, 1.165) is 57.9 Å². The van der Waals surface area contributed by atoms with Gasteiger partial charge in [-0.05, 0) is 30.2 Å². The summed E-state index contributed by atoms with van der Waals surface area (Å²) >= 11 is 0. The van der Waals surface area contributed by atoms with Gasteiger partial charge in [0, 0.05) is 45.1 Å². The summed E-state index contributed by atoms with van der Waals surface area (Å²) in [6, 6.07) is 10.0. The van der Waals surface area contributed by atoms with Crippen molar-refractivity contribution in [2.75, 3.05) is 32.8 Å². The van der Waals surface area contributed by atoms with Crippen molar-refractivity contribution in [1.82, 2.24) is 19.6 Å². The number of hydrogen-bond donors (Lipinski definition) is 0. The van der Waals surface area contributed by atoms with Gasteiger partial charge < -0.3 is 9.64 Å². The predicted molar refractivity (Wildman–Crippen MR) is 96.7 cm³/mol. The third-order valence-corrected chi connectivity index (χ3v) is 4.41. The number of benzene rings is 1. The summed E-state index contributed by atoms with van der Waals surface area (Å²) in [5.74, 6) is 0.943. The van der Waals surface area contributed by atoms with E-state index < -0.39 is 0 Å². The first-order chi connectivity index (χ1) is 12.3. The molecule has 0 aliphatic carbocycles. The van der Waals surface area contributed by atoms with E-state index >= 15 is 0 Å². The van der Waals surface area contributed by atoms with E-state index in [1.165, 1.54) is 10.2 Å². The van der Waals surface area contributed by atoms with Crippen molar-refractivity contribution in [1.29, 1.82) is 0 Å². The lowest BCUT2D eigenvalue weighted by Crippen LogP contribution is -2.49. The summed E-state index contributed by atoms with van der Waals surface area (Å²) in [6.45, 7) is 7.01. The minimum Gasteiger partial charge on any atom is -0.494 e. The van der Waals surface area contributed by atoms with Crippen molar-refractivity contribution >= 4 is 6.03 Å². The van der Waals surface area contributed by atoms with Crippen molar-refractivity contribution in [2.45, 2.75) is 26.3 Å². The molecule has 2 heterocycles. The lowest BCUT2D eigenvalue weighted by atomic mass is 10.2. The van der Waals surface area contributed by atoms with Gasteiger partial charge >= 0.3 is 6.03 Å². The van der Waals surface area contributed by atoms with Gasteiger partial charge in [-0.1, -0.05) is 25.5 Å². The molecular formula is C19H26N4O2. The van der Waals surface area contributed by atoms with Crippen molar-refractivity contribution in [3.8, 4) is 5.75 Å². The third-order valence-electron chi connectivity index (χ3n) is 4.41. The van der Waals surface area contributed by atoms with Gasteiger partial charge in [-0.2, -0.15) is 9.78 Å². The molecule has 1 amide bonds. The molecule has 25 heavy (non-hydrogen) atoms. The standard InChI is InChI=1S/C19H26N4O2/c1-2-3-14-25-18-7-4-6-17(15-18)16-21-10-12-22(13-11-21)19(24)23-9-5-8-20-23/h4-9,15H,2-3,10-14,16H2,1H3. The normalized spacial score (nSPS) is 15.3. The molecule has 1 aliphatic heterocycles. The fourth-order valence-corrected chi connectivity index (χ4v) is 2.95. The lowest BCUT2D eigenvalue weighted by Gasteiger charge is -2.34. The maximum atomic E-state index is 12.3. The maximum Gasteiger partial charge on any atom is 0.344 e. The second-order valence-electron chi connectivity index (χ2n) is 6.35. The van der Waals surface area contributed by atoms with E-state index in [4.69, 9.17) is 4.74 Å². The van der Waals surface area contributed by atoms with Gasteiger partial charge in [0.2, 0.25) is 0 Å². The Kier molecular flexibility index (Phi) is 6.06. The summed E-state index contributed by atoms with van der Waals surface area (Å²) in [7, 11) is 0. The van der Waals surface area contributed by atoms with Crippen LogP contribution in [0.25, 0.3) is 0 Å². The molecule has 0 bridgehead atoms. The van der Waals surface area contributed by atoms with Crippen molar-refractivity contribution in [3.05, 3.63) is 48.3 Å². The molecule has 134 valence electrons. The molecule has 0 unspecified atom stereocenters. The number of hydrogen-bond acceptors (Lipinski definition) is 4. The van der Waals surface area contributed by atoms with Crippen LogP contribution in [0, 0.1) is 0 Å². The van der Waals surface area contributed by atoms with Gasteiger partial charge in [0.1, 0.15) is 5.75 Å². The second kappa shape index (κ2) is 8.67. The van der Waals surface area contributed by atoms with Crippen LogP contribution in [0.5, 0.6) is 5.75 Å². The van der Waals surface area contributed by atoms with E-state index in [1.807, 2.05) is 17.0 Å². The molecule has 0 spiro atoms. The summed E-state index contributed by atoms with van der Waals surface area (Å²) in [4.78, 5) is 16.5. The highest BCUT2D eigenvalue weighted by Gasteiger charge is 2.22. The Labute approximate surface area is 149 Å². The number of nitrogens with zero attached hydrogens (tertiary/aromatic N) is 4. The van der Waals surface area contributed by atoms with Crippen LogP contribution < -0.4 is 4.74 Å². The Morgan fingerprint density at radius 3 is 2.76 bits per heavy atom. The number of unbranched alkanes of at least 4 members (excludes halogenated alkanes) is 1. The van der Waals surface area contributed by atoms with Crippen LogP contribution in [0.1, 0.15) is 25.3 Å². The van der Waals surface area contributed by atoms with Crippen LogP contribution in [-0.4, -0.2) is 58.4 Å². The zero-order valence-corrected chi connectivity index (χ0v) is 14.8. The molecule has 0 N–H and O–H groups in total. The molecule has 0 radical (unpaired) electrons. The van der Waals surface area contributed by atoms with E-state index in [2.05, 4.69) is 29.1 Å². The van der Waals surface area contributed by atoms with Gasteiger partial charge in [0.25, 0.3) is 0 Å². The van der Waals surface area contributed by atoms with E-state index in [1.54, 1.807) is 18.5 Å². The average molecular weight is 342 g/mol. The van der Waals surface area contributed by atoms with Gasteiger partial charge in [0.15, 0.2) is 0 Å². The Morgan fingerprint density at radius 1 is 1.20 bits per heavy atom. The summed E-state index contributed by atoms with van der Waals surface area (Å²) in [5, 5.41) is 4.02. The summed E-state index contributed by atoms with van der Waals surface area (Å²) in [6.07, 6.45) is 5.54. The first-order valence-electron chi connectivity index (χ1n) is 8.99. The lowest BCUT2D eigenvalue weighted by molar-refractivity contribution is 0.134. The van der Waals surface area contributed by atoms with Gasteiger partial charge in [-0.3, -0.25) is 4.90 Å². The van der Waals surface area contributed by atoms with Crippen molar-refractivity contribution in [2.24, 2.45) is 0 Å². The number of piperazine rings is 1. The number of amides is 1. The number of carbonyl (C=O) groups is 1. The molecule has 1 fully saturated rings. The highest BCUT2D eigenvalue weighted by Crippen LogP contribution is 2.16. The monoisotopic (exact) mass is 342 g/mol. The van der Waals surface area contributed by atoms with Crippen LogP contribution in [-0.2, 0) is 6.54 Å². The third kappa shape index (κ3) is 4.82. The number of carbonyl (C=O) groups excluding carboxylic acids is 1. The molecular weight excluding hydrogens is 316 g/mol. The minimum atomic E-state index is -0.0454. The van der Waals surface area contributed by atoms with Crippen molar-refractivity contribution in [3.63, 3.8) is 0 Å². The first kappa shape index (κ1) is 17.5. The fraction of sp³-hybridized carbons (Fsp3) is 0.474. The largest absolute Gasteiger partial charge is 0.494 e. The number of ether oxygens (including phenoxy) is 1. The summed E-state index contributed by atoms with van der Waals surface area (Å²) in [5.41, 5.74) is 1.25. The smallest absolute Gasteiger partial charge is 0.344 e. The molecule has 3 rings (SSSR count). The number of rotatable bonds is 6.